The van der Waals surface area contributed by atoms with Crippen molar-refractivity contribution in [3.05, 3.63) is 89.5 Å². The van der Waals surface area contributed by atoms with Crippen molar-refractivity contribution in [2.75, 3.05) is 19.8 Å². The summed E-state index contributed by atoms with van der Waals surface area (Å²) in [5, 5.41) is 23.3. The molecule has 180 valence electrons. The smallest absolute Gasteiger partial charge is 0.252 e. The Kier molecular flexibility index (Phi) is 9.31. The van der Waals surface area contributed by atoms with Gasteiger partial charge < -0.3 is 30.7 Å². The zero-order chi connectivity index (χ0) is 24.3. The quantitative estimate of drug-likeness (QED) is 0.288. The van der Waals surface area contributed by atoms with Crippen LogP contribution in [0.15, 0.2) is 72.8 Å². The van der Waals surface area contributed by atoms with Gasteiger partial charge in [0.05, 0.1) is 11.7 Å². The fourth-order valence-corrected chi connectivity index (χ4v) is 3.49. The van der Waals surface area contributed by atoms with Crippen LogP contribution in [0.2, 0.25) is 0 Å². The van der Waals surface area contributed by atoms with E-state index < -0.39 is 12.0 Å². The highest BCUT2D eigenvalue weighted by Gasteiger charge is 2.16. The molecule has 3 aromatic carbocycles. The summed E-state index contributed by atoms with van der Waals surface area (Å²) in [5.74, 6) is 0.462. The third-order valence-corrected chi connectivity index (χ3v) is 5.47. The predicted octanol–water partition coefficient (Wildman–Crippen LogP) is 3.59. The number of aromatic hydroxyl groups is 1. The van der Waals surface area contributed by atoms with Gasteiger partial charge in [-0.05, 0) is 67.3 Å². The molecule has 0 spiro atoms. The van der Waals surface area contributed by atoms with Crippen LogP contribution in [0.3, 0.4) is 0 Å². The highest BCUT2D eigenvalue weighted by atomic mass is 16.5. The SMILES string of the molecule is CC(CCc1ccccc1)NCC(O)c1ccc(OCCOc2ccc(O)cc2)c(C(N)=O)c1. The standard InChI is InChI=1S/C27H32N2O5/c1-19(7-8-20-5-3-2-4-6-20)29-18-25(31)21-9-14-26(24(17-21)27(28)32)34-16-15-33-23-12-10-22(30)11-13-23/h2-6,9-14,17,19,25,29-31H,7-8,15-16,18H2,1H3,(H2,28,32). The minimum absolute atomic E-state index is 0.161. The number of phenols is 1. The number of aliphatic hydroxyl groups is 1. The topological polar surface area (TPSA) is 114 Å². The van der Waals surface area contributed by atoms with E-state index >= 15 is 0 Å². The molecular formula is C27H32N2O5. The molecule has 0 aromatic heterocycles. The molecule has 0 bridgehead atoms. The van der Waals surface area contributed by atoms with Gasteiger partial charge in [0.1, 0.15) is 30.5 Å². The number of amides is 1. The fourth-order valence-electron chi connectivity index (χ4n) is 3.49. The molecule has 0 aliphatic heterocycles. The summed E-state index contributed by atoms with van der Waals surface area (Å²) < 4.78 is 11.2. The number of benzene rings is 3. The molecule has 0 saturated carbocycles. The number of carbonyl (C=O) groups excluding carboxylic acids is 1. The number of nitrogens with two attached hydrogens (primary N) is 1. The molecule has 0 aliphatic carbocycles. The van der Waals surface area contributed by atoms with Crippen molar-refractivity contribution in [1.82, 2.24) is 5.32 Å². The summed E-state index contributed by atoms with van der Waals surface area (Å²) in [6, 6.07) is 21.8. The molecule has 2 atom stereocenters. The first-order valence-electron chi connectivity index (χ1n) is 11.4. The van der Waals surface area contributed by atoms with Crippen molar-refractivity contribution in [3.63, 3.8) is 0 Å². The van der Waals surface area contributed by atoms with Gasteiger partial charge in [-0.15, -0.1) is 0 Å². The zero-order valence-corrected chi connectivity index (χ0v) is 19.3. The van der Waals surface area contributed by atoms with Crippen molar-refractivity contribution >= 4 is 5.91 Å². The van der Waals surface area contributed by atoms with Gasteiger partial charge in [0.25, 0.3) is 5.91 Å². The van der Waals surface area contributed by atoms with E-state index in [1.54, 1.807) is 30.3 Å². The average molecular weight is 465 g/mol. The van der Waals surface area contributed by atoms with Gasteiger partial charge in [-0.25, -0.2) is 0 Å². The summed E-state index contributed by atoms with van der Waals surface area (Å²) in [7, 11) is 0. The summed E-state index contributed by atoms with van der Waals surface area (Å²) >= 11 is 0. The monoisotopic (exact) mass is 464 g/mol. The number of primary amides is 1. The average Bonchev–Trinajstić information content (AvgIpc) is 2.85. The zero-order valence-electron chi connectivity index (χ0n) is 19.3. The first-order valence-corrected chi connectivity index (χ1v) is 11.4. The number of rotatable bonds is 13. The van der Waals surface area contributed by atoms with E-state index in [4.69, 9.17) is 15.2 Å². The highest BCUT2D eigenvalue weighted by Crippen LogP contribution is 2.24. The second kappa shape index (κ2) is 12.6. The first kappa shape index (κ1) is 25.1. The van der Waals surface area contributed by atoms with E-state index in [-0.39, 0.29) is 30.6 Å². The van der Waals surface area contributed by atoms with E-state index in [1.165, 1.54) is 17.7 Å². The van der Waals surface area contributed by atoms with Crippen LogP contribution in [-0.2, 0) is 6.42 Å². The normalized spacial score (nSPS) is 12.6. The minimum Gasteiger partial charge on any atom is -0.508 e. The van der Waals surface area contributed by atoms with E-state index in [0.29, 0.717) is 23.6 Å². The largest absolute Gasteiger partial charge is 0.508 e. The molecule has 0 radical (unpaired) electrons. The van der Waals surface area contributed by atoms with Crippen LogP contribution in [-0.4, -0.2) is 41.9 Å². The second-order valence-electron chi connectivity index (χ2n) is 8.16. The van der Waals surface area contributed by atoms with Gasteiger partial charge >= 0.3 is 0 Å². The van der Waals surface area contributed by atoms with E-state index in [1.807, 2.05) is 18.2 Å². The molecule has 3 aromatic rings. The fraction of sp³-hybridized carbons (Fsp3) is 0.296. The Morgan fingerprint density at radius 1 is 1.00 bits per heavy atom. The summed E-state index contributed by atoms with van der Waals surface area (Å²) in [4.78, 5) is 12.0. The maximum atomic E-state index is 12.0. The maximum absolute atomic E-state index is 12.0. The third kappa shape index (κ3) is 7.79. The third-order valence-electron chi connectivity index (χ3n) is 5.47. The Morgan fingerprint density at radius 2 is 1.71 bits per heavy atom. The molecule has 7 heteroatoms. The van der Waals surface area contributed by atoms with Gasteiger partial charge in [0.15, 0.2) is 0 Å². The number of phenolic OH excluding ortho intramolecular Hbond substituents is 1. The molecular weight excluding hydrogens is 432 g/mol. The van der Waals surface area contributed by atoms with Crippen LogP contribution in [0, 0.1) is 0 Å². The van der Waals surface area contributed by atoms with Crippen molar-refractivity contribution < 1.29 is 24.5 Å². The van der Waals surface area contributed by atoms with Crippen LogP contribution in [0.25, 0.3) is 0 Å². The first-order chi connectivity index (χ1) is 16.4. The number of carbonyl (C=O) groups is 1. The Bertz CT molecular complexity index is 1040. The van der Waals surface area contributed by atoms with Crippen molar-refractivity contribution in [1.29, 1.82) is 0 Å². The Balaban J connectivity index is 1.48. The number of aliphatic hydroxyl groups excluding tert-OH is 1. The molecule has 1 amide bonds. The molecule has 5 N–H and O–H groups in total. The molecule has 3 rings (SSSR count). The number of aryl methyl sites for hydroxylation is 1. The Hall–Kier alpha value is -3.55. The summed E-state index contributed by atoms with van der Waals surface area (Å²) in [5.41, 5.74) is 7.62. The van der Waals surface area contributed by atoms with Gasteiger partial charge in [-0.3, -0.25) is 4.79 Å². The van der Waals surface area contributed by atoms with Crippen molar-refractivity contribution in [3.8, 4) is 17.2 Å². The van der Waals surface area contributed by atoms with Gasteiger partial charge in [-0.2, -0.15) is 0 Å². The number of ether oxygens (including phenoxy) is 2. The van der Waals surface area contributed by atoms with Crippen LogP contribution < -0.4 is 20.5 Å². The molecule has 2 unspecified atom stereocenters. The van der Waals surface area contributed by atoms with Gasteiger partial charge in [-0.1, -0.05) is 36.4 Å². The van der Waals surface area contributed by atoms with Crippen molar-refractivity contribution in [2.45, 2.75) is 31.9 Å². The summed E-state index contributed by atoms with van der Waals surface area (Å²) in [6.07, 6.45) is 1.12. The van der Waals surface area contributed by atoms with Crippen LogP contribution in [0.4, 0.5) is 0 Å². The van der Waals surface area contributed by atoms with E-state index in [9.17, 15) is 15.0 Å². The highest BCUT2D eigenvalue weighted by molar-refractivity contribution is 5.95. The summed E-state index contributed by atoms with van der Waals surface area (Å²) in [6.45, 7) is 2.89. The molecule has 0 fully saturated rings. The number of hydrogen-bond acceptors (Lipinski definition) is 6. The van der Waals surface area contributed by atoms with E-state index in [2.05, 4.69) is 24.4 Å². The molecule has 0 aliphatic rings. The van der Waals surface area contributed by atoms with Gasteiger partial charge in [0, 0.05) is 12.6 Å². The molecule has 7 nitrogen and oxygen atoms in total. The minimum atomic E-state index is -0.788. The van der Waals surface area contributed by atoms with Gasteiger partial charge in [0.2, 0.25) is 0 Å². The Labute approximate surface area is 200 Å². The Morgan fingerprint density at radius 3 is 2.41 bits per heavy atom. The lowest BCUT2D eigenvalue weighted by Gasteiger charge is -2.19. The van der Waals surface area contributed by atoms with E-state index in [0.717, 1.165) is 12.8 Å². The molecule has 0 saturated heterocycles. The molecule has 34 heavy (non-hydrogen) atoms. The predicted molar refractivity (Wildman–Crippen MR) is 131 cm³/mol. The van der Waals surface area contributed by atoms with Crippen LogP contribution in [0.5, 0.6) is 17.2 Å². The lowest BCUT2D eigenvalue weighted by molar-refractivity contribution is 0.0994. The number of nitrogens with one attached hydrogen (secondary N) is 1. The van der Waals surface area contributed by atoms with Crippen LogP contribution >= 0.6 is 0 Å². The van der Waals surface area contributed by atoms with Crippen molar-refractivity contribution in [2.24, 2.45) is 5.73 Å². The number of hydrogen-bond donors (Lipinski definition) is 4. The van der Waals surface area contributed by atoms with Crippen LogP contribution in [0.1, 0.15) is 40.9 Å². The second-order valence-corrected chi connectivity index (χ2v) is 8.16. The maximum Gasteiger partial charge on any atom is 0.252 e. The lowest BCUT2D eigenvalue weighted by atomic mass is 10.0. The molecule has 0 heterocycles. The lowest BCUT2D eigenvalue weighted by Crippen LogP contribution is -2.31.